The largest absolute Gasteiger partial charge is 0.485 e. The van der Waals surface area contributed by atoms with Crippen molar-refractivity contribution in [3.63, 3.8) is 0 Å². The average molecular weight is 357 g/mol. The van der Waals surface area contributed by atoms with Gasteiger partial charge in [-0.05, 0) is 37.6 Å². The normalized spacial score (nSPS) is 15.0. The third-order valence-corrected chi connectivity index (χ3v) is 4.51. The molecule has 1 aliphatic rings. The van der Waals surface area contributed by atoms with Gasteiger partial charge in [0.1, 0.15) is 18.1 Å². The van der Waals surface area contributed by atoms with Gasteiger partial charge >= 0.3 is 0 Å². The molecule has 2 aromatic rings. The van der Waals surface area contributed by atoms with Crippen molar-refractivity contribution < 1.29 is 13.9 Å². The van der Waals surface area contributed by atoms with Gasteiger partial charge in [-0.3, -0.25) is 9.69 Å². The molecule has 1 aromatic heterocycles. The molecule has 2 N–H and O–H groups in total. The number of carbonyl (C=O) groups excluding carboxylic acids is 1. The molecule has 26 heavy (non-hydrogen) atoms. The van der Waals surface area contributed by atoms with Crippen LogP contribution in [0.1, 0.15) is 27.4 Å². The topological polar surface area (TPSA) is 66.7 Å². The molecular formula is C20H27N3O3. The minimum atomic E-state index is -0.182. The second-order valence-corrected chi connectivity index (χ2v) is 6.67. The second-order valence-electron chi connectivity index (χ2n) is 6.67. The van der Waals surface area contributed by atoms with Gasteiger partial charge in [-0.15, -0.1) is 0 Å². The second kappa shape index (κ2) is 8.87. The minimum absolute atomic E-state index is 0.182. The van der Waals surface area contributed by atoms with Crippen LogP contribution in [0.5, 0.6) is 5.75 Å². The molecule has 1 aromatic carbocycles. The van der Waals surface area contributed by atoms with Gasteiger partial charge in [-0.2, -0.15) is 0 Å². The van der Waals surface area contributed by atoms with Crippen LogP contribution < -0.4 is 15.4 Å². The number of hydrogen-bond donors (Lipinski definition) is 2. The third kappa shape index (κ3) is 5.09. The summed E-state index contributed by atoms with van der Waals surface area (Å²) >= 11 is 0. The van der Waals surface area contributed by atoms with E-state index in [1.54, 1.807) is 12.1 Å². The van der Waals surface area contributed by atoms with Crippen molar-refractivity contribution in [2.24, 2.45) is 0 Å². The molecule has 0 radical (unpaired) electrons. The number of carbonyl (C=O) groups is 1. The van der Waals surface area contributed by atoms with Crippen LogP contribution in [0.25, 0.3) is 0 Å². The van der Waals surface area contributed by atoms with Gasteiger partial charge < -0.3 is 19.8 Å². The molecule has 6 nitrogen and oxygen atoms in total. The molecule has 1 aliphatic heterocycles. The van der Waals surface area contributed by atoms with E-state index < -0.39 is 0 Å². The fraction of sp³-hybridized carbons (Fsp3) is 0.450. The molecular weight excluding hydrogens is 330 g/mol. The van der Waals surface area contributed by atoms with Gasteiger partial charge in [-0.1, -0.05) is 17.7 Å². The smallest absolute Gasteiger partial charge is 0.287 e. The SMILES string of the molecule is Cc1ccc(OCc2ccc(C(=O)NCCN3CCNCC3)o2)c(C)c1. The minimum Gasteiger partial charge on any atom is -0.485 e. The van der Waals surface area contributed by atoms with E-state index in [1.165, 1.54) is 5.56 Å². The zero-order valence-electron chi connectivity index (χ0n) is 15.5. The van der Waals surface area contributed by atoms with Crippen molar-refractivity contribution in [3.8, 4) is 5.75 Å². The molecule has 0 saturated carbocycles. The maximum Gasteiger partial charge on any atom is 0.287 e. The molecule has 1 amide bonds. The molecule has 1 saturated heterocycles. The predicted molar refractivity (Wildman–Crippen MR) is 101 cm³/mol. The summed E-state index contributed by atoms with van der Waals surface area (Å²) in [6, 6.07) is 9.53. The number of piperazine rings is 1. The van der Waals surface area contributed by atoms with Gasteiger partial charge in [-0.25, -0.2) is 0 Å². The summed E-state index contributed by atoms with van der Waals surface area (Å²) in [6.07, 6.45) is 0. The lowest BCUT2D eigenvalue weighted by molar-refractivity contribution is 0.0915. The van der Waals surface area contributed by atoms with E-state index in [-0.39, 0.29) is 5.91 Å². The maximum atomic E-state index is 12.2. The number of aryl methyl sites for hydroxylation is 2. The summed E-state index contributed by atoms with van der Waals surface area (Å²) in [6.45, 7) is 9.92. The Morgan fingerprint density at radius 1 is 1.23 bits per heavy atom. The van der Waals surface area contributed by atoms with Crippen LogP contribution in [0.4, 0.5) is 0 Å². The van der Waals surface area contributed by atoms with Crippen molar-refractivity contribution in [2.45, 2.75) is 20.5 Å². The highest BCUT2D eigenvalue weighted by Crippen LogP contribution is 2.20. The Kier molecular flexibility index (Phi) is 6.30. The summed E-state index contributed by atoms with van der Waals surface area (Å²) < 4.78 is 11.4. The van der Waals surface area contributed by atoms with E-state index in [1.807, 2.05) is 19.1 Å². The first-order valence-electron chi connectivity index (χ1n) is 9.12. The number of amides is 1. The van der Waals surface area contributed by atoms with E-state index >= 15 is 0 Å². The summed E-state index contributed by atoms with van der Waals surface area (Å²) in [5.41, 5.74) is 2.29. The highest BCUT2D eigenvalue weighted by atomic mass is 16.5. The predicted octanol–water partition coefficient (Wildman–Crippen LogP) is 2.11. The Balaban J connectivity index is 1.45. The van der Waals surface area contributed by atoms with E-state index in [2.05, 4.69) is 28.5 Å². The summed E-state index contributed by atoms with van der Waals surface area (Å²) in [7, 11) is 0. The highest BCUT2D eigenvalue weighted by Gasteiger charge is 2.13. The standard InChI is InChI=1S/C20H27N3O3/c1-15-3-5-18(16(2)13-15)25-14-17-4-6-19(26-17)20(24)22-9-12-23-10-7-21-8-11-23/h3-6,13,21H,7-12,14H2,1-2H3,(H,22,24). The summed E-state index contributed by atoms with van der Waals surface area (Å²) in [4.78, 5) is 14.5. The quantitative estimate of drug-likeness (QED) is 0.794. The Morgan fingerprint density at radius 3 is 2.81 bits per heavy atom. The van der Waals surface area contributed by atoms with Crippen molar-refractivity contribution in [1.29, 1.82) is 0 Å². The van der Waals surface area contributed by atoms with Crippen LogP contribution in [0.15, 0.2) is 34.7 Å². The van der Waals surface area contributed by atoms with Crippen LogP contribution in [-0.4, -0.2) is 50.1 Å². The van der Waals surface area contributed by atoms with Crippen molar-refractivity contribution >= 4 is 5.91 Å². The lowest BCUT2D eigenvalue weighted by Crippen LogP contribution is -2.46. The lowest BCUT2D eigenvalue weighted by Gasteiger charge is -2.26. The molecule has 1 fully saturated rings. The van der Waals surface area contributed by atoms with Gasteiger partial charge in [0.15, 0.2) is 5.76 Å². The fourth-order valence-corrected chi connectivity index (χ4v) is 3.04. The van der Waals surface area contributed by atoms with Crippen molar-refractivity contribution in [2.75, 3.05) is 39.3 Å². The Hall–Kier alpha value is -2.31. The fourth-order valence-electron chi connectivity index (χ4n) is 3.04. The van der Waals surface area contributed by atoms with Crippen LogP contribution in [0, 0.1) is 13.8 Å². The van der Waals surface area contributed by atoms with E-state index in [0.717, 1.165) is 44.0 Å². The number of nitrogens with zero attached hydrogens (tertiary/aromatic N) is 1. The molecule has 0 aliphatic carbocycles. The third-order valence-electron chi connectivity index (χ3n) is 4.51. The van der Waals surface area contributed by atoms with E-state index in [9.17, 15) is 4.79 Å². The number of ether oxygens (including phenoxy) is 1. The van der Waals surface area contributed by atoms with Crippen molar-refractivity contribution in [1.82, 2.24) is 15.5 Å². The lowest BCUT2D eigenvalue weighted by atomic mass is 10.1. The number of nitrogens with one attached hydrogen (secondary N) is 2. The van der Waals surface area contributed by atoms with E-state index in [0.29, 0.717) is 24.7 Å². The molecule has 3 rings (SSSR count). The first kappa shape index (κ1) is 18.5. The van der Waals surface area contributed by atoms with Gasteiger partial charge in [0.2, 0.25) is 0 Å². The van der Waals surface area contributed by atoms with Crippen LogP contribution in [0.3, 0.4) is 0 Å². The molecule has 0 bridgehead atoms. The number of rotatable bonds is 7. The molecule has 6 heteroatoms. The number of hydrogen-bond acceptors (Lipinski definition) is 5. The zero-order valence-corrected chi connectivity index (χ0v) is 15.5. The monoisotopic (exact) mass is 357 g/mol. The number of benzene rings is 1. The Labute approximate surface area is 154 Å². The molecule has 140 valence electrons. The Bertz CT molecular complexity index is 736. The first-order valence-corrected chi connectivity index (χ1v) is 9.12. The molecule has 2 heterocycles. The molecule has 0 spiro atoms. The summed E-state index contributed by atoms with van der Waals surface area (Å²) in [5.74, 6) is 1.61. The molecule has 0 atom stereocenters. The van der Waals surface area contributed by atoms with Gasteiger partial charge in [0, 0.05) is 39.3 Å². The first-order chi connectivity index (χ1) is 12.6. The van der Waals surface area contributed by atoms with Crippen LogP contribution in [-0.2, 0) is 6.61 Å². The summed E-state index contributed by atoms with van der Waals surface area (Å²) in [5, 5.41) is 6.23. The van der Waals surface area contributed by atoms with Gasteiger partial charge in [0.05, 0.1) is 0 Å². The Morgan fingerprint density at radius 2 is 2.04 bits per heavy atom. The van der Waals surface area contributed by atoms with E-state index in [4.69, 9.17) is 9.15 Å². The number of furan rings is 1. The molecule has 0 unspecified atom stereocenters. The van der Waals surface area contributed by atoms with Crippen LogP contribution in [0.2, 0.25) is 0 Å². The van der Waals surface area contributed by atoms with Gasteiger partial charge in [0.25, 0.3) is 5.91 Å². The average Bonchev–Trinajstić information content (AvgIpc) is 3.11. The highest BCUT2D eigenvalue weighted by molar-refractivity contribution is 5.91. The van der Waals surface area contributed by atoms with Crippen LogP contribution >= 0.6 is 0 Å². The maximum absolute atomic E-state index is 12.2. The van der Waals surface area contributed by atoms with Crippen molar-refractivity contribution in [3.05, 3.63) is 53.0 Å². The zero-order chi connectivity index (χ0) is 18.4.